The first-order chi connectivity index (χ1) is 17.5. The maximum Gasteiger partial charge on any atom is 0.409 e. The smallest absolute Gasteiger partial charge is 0.325 e. The monoisotopic (exact) mass is 606 g/mol. The topological polar surface area (TPSA) is 110 Å². The number of anilines is 1. The van der Waals surface area contributed by atoms with E-state index in [-0.39, 0.29) is 0 Å². The minimum atomic E-state index is -6.15. The van der Waals surface area contributed by atoms with Crippen molar-refractivity contribution in [2.24, 2.45) is 16.2 Å². The molecule has 1 aromatic heterocycles. The molecule has 0 aliphatic rings. The van der Waals surface area contributed by atoms with E-state index in [9.17, 15) is 70.7 Å². The van der Waals surface area contributed by atoms with E-state index >= 15 is 0 Å². The summed E-state index contributed by atoms with van der Waals surface area (Å²) in [4.78, 5) is 25.8. The van der Waals surface area contributed by atoms with E-state index in [0.29, 0.717) is 42.7 Å². The molecule has 8 nitrogen and oxygen atoms in total. The Morgan fingerprint density at radius 2 is 1.26 bits per heavy atom. The van der Waals surface area contributed by atoms with Gasteiger partial charge in [-0.2, -0.15) is 61.1 Å². The summed E-state index contributed by atoms with van der Waals surface area (Å²) in [5, 5.41) is 1.27. The molecule has 0 spiro atoms. The van der Waals surface area contributed by atoms with Gasteiger partial charge in [0.1, 0.15) is 0 Å². The molecule has 1 aromatic carbocycles. The van der Waals surface area contributed by atoms with Gasteiger partial charge in [0.05, 0.1) is 4.90 Å². The van der Waals surface area contributed by atoms with Gasteiger partial charge in [-0.15, -0.1) is 4.40 Å². The standard InChI is InChI=1S/C18H10F12N4O4S/c19-15(20,21)10(16(22,23)24)12(35)32-8-2-4-9(5-3-8)39(37,38)33-14-31-6-1-7-34(14)13(36)11(17(25,26)27)18(28,29)30/h1-7,10-11H,(H,32,35)/b33-14+. The summed E-state index contributed by atoms with van der Waals surface area (Å²) in [6.45, 7) is 0. The Balaban J connectivity index is 2.45. The van der Waals surface area contributed by atoms with Gasteiger partial charge in [-0.05, 0) is 30.3 Å². The van der Waals surface area contributed by atoms with Crippen LogP contribution in [-0.2, 0) is 14.8 Å². The van der Waals surface area contributed by atoms with Crippen LogP contribution in [0.2, 0.25) is 0 Å². The van der Waals surface area contributed by atoms with Crippen molar-refractivity contribution in [3.63, 3.8) is 0 Å². The normalized spacial score (nSPS) is 14.2. The van der Waals surface area contributed by atoms with Gasteiger partial charge in [-0.1, -0.05) is 0 Å². The molecule has 216 valence electrons. The molecule has 0 radical (unpaired) electrons. The molecule has 0 unspecified atom stereocenters. The number of nitrogens with zero attached hydrogens (tertiary/aromatic N) is 3. The van der Waals surface area contributed by atoms with Gasteiger partial charge in [0.2, 0.25) is 23.4 Å². The number of carbonyl (C=O) groups excluding carboxylic acids is 2. The van der Waals surface area contributed by atoms with Crippen LogP contribution in [0.4, 0.5) is 58.4 Å². The first-order valence-electron chi connectivity index (χ1n) is 9.53. The molecule has 0 fully saturated rings. The number of rotatable bonds is 5. The zero-order valence-electron chi connectivity index (χ0n) is 18.1. The second-order valence-electron chi connectivity index (χ2n) is 7.24. The number of aromatic nitrogens is 2. The lowest BCUT2D eigenvalue weighted by Crippen LogP contribution is -2.47. The van der Waals surface area contributed by atoms with Gasteiger partial charge in [0.15, 0.2) is 0 Å². The lowest BCUT2D eigenvalue weighted by atomic mass is 10.1. The van der Waals surface area contributed by atoms with Crippen molar-refractivity contribution >= 4 is 27.5 Å². The van der Waals surface area contributed by atoms with Crippen molar-refractivity contribution in [2.75, 3.05) is 5.32 Å². The van der Waals surface area contributed by atoms with Crippen LogP contribution in [0.3, 0.4) is 0 Å². The molecule has 0 aliphatic heterocycles. The Morgan fingerprint density at radius 3 is 1.69 bits per heavy atom. The van der Waals surface area contributed by atoms with Crippen LogP contribution in [0.5, 0.6) is 0 Å². The third-order valence-electron chi connectivity index (χ3n) is 4.40. The molecule has 0 aliphatic carbocycles. The minimum absolute atomic E-state index is 0.310. The number of carbonyl (C=O) groups is 2. The van der Waals surface area contributed by atoms with E-state index in [2.05, 4.69) is 9.38 Å². The first kappa shape index (κ1) is 31.6. The molecular weight excluding hydrogens is 596 g/mol. The Kier molecular flexibility index (Phi) is 8.49. The molecule has 0 saturated carbocycles. The molecule has 1 N–H and O–H groups in total. The van der Waals surface area contributed by atoms with Crippen LogP contribution in [-0.4, -0.2) is 54.5 Å². The van der Waals surface area contributed by atoms with Crippen LogP contribution in [0.25, 0.3) is 0 Å². The van der Waals surface area contributed by atoms with E-state index < -0.39 is 79.1 Å². The largest absolute Gasteiger partial charge is 0.409 e. The zero-order chi connectivity index (χ0) is 30.2. The Labute approximate surface area is 208 Å². The van der Waals surface area contributed by atoms with Crippen molar-refractivity contribution in [3.05, 3.63) is 48.3 Å². The van der Waals surface area contributed by atoms with Crippen molar-refractivity contribution < 1.29 is 70.7 Å². The van der Waals surface area contributed by atoms with Crippen LogP contribution in [0.1, 0.15) is 4.79 Å². The molecule has 21 heteroatoms. The second kappa shape index (κ2) is 10.5. The van der Waals surface area contributed by atoms with E-state index in [1.165, 1.54) is 5.32 Å². The summed E-state index contributed by atoms with van der Waals surface area (Å²) in [7, 11) is -5.12. The lowest BCUT2D eigenvalue weighted by Gasteiger charge is -2.22. The van der Waals surface area contributed by atoms with Crippen molar-refractivity contribution in [2.45, 2.75) is 29.6 Å². The minimum Gasteiger partial charge on any atom is -0.325 e. The van der Waals surface area contributed by atoms with E-state index in [1.54, 1.807) is 0 Å². The molecule has 1 heterocycles. The summed E-state index contributed by atoms with van der Waals surface area (Å²) >= 11 is 0. The molecule has 39 heavy (non-hydrogen) atoms. The summed E-state index contributed by atoms with van der Waals surface area (Å²) in [5.41, 5.74) is -2.23. The van der Waals surface area contributed by atoms with E-state index in [1.807, 2.05) is 0 Å². The fourth-order valence-electron chi connectivity index (χ4n) is 2.78. The lowest BCUT2D eigenvalue weighted by molar-refractivity contribution is -0.273. The number of nitrogens with one attached hydrogen (secondary N) is 1. The van der Waals surface area contributed by atoms with Gasteiger partial charge in [-0.3, -0.25) is 14.2 Å². The number of halogens is 12. The van der Waals surface area contributed by atoms with Crippen LogP contribution >= 0.6 is 0 Å². The number of hydrogen-bond acceptors (Lipinski definition) is 5. The molecule has 1 amide bonds. The number of amides is 1. The molecular formula is C18H10F12N4O4S. The molecule has 0 saturated heterocycles. The SMILES string of the molecule is O=C(Nc1ccc(S(=O)(=O)/N=c2\ncccn2C(=O)C(C(F)(F)F)C(F)(F)F)cc1)C(C(F)(F)F)C(F)(F)F. The number of hydrogen-bond donors (Lipinski definition) is 1. The molecule has 2 aromatic rings. The highest BCUT2D eigenvalue weighted by atomic mass is 32.2. The highest BCUT2D eigenvalue weighted by Crippen LogP contribution is 2.41. The maximum absolute atomic E-state index is 12.9. The quantitative estimate of drug-likeness (QED) is 0.513. The fraction of sp³-hybridized carbons (Fsp3) is 0.333. The first-order valence-corrected chi connectivity index (χ1v) is 11.0. The molecule has 0 bridgehead atoms. The van der Waals surface area contributed by atoms with Crippen LogP contribution < -0.4 is 10.9 Å². The van der Waals surface area contributed by atoms with Crippen LogP contribution in [0, 0.1) is 11.8 Å². The zero-order valence-corrected chi connectivity index (χ0v) is 18.9. The predicted molar refractivity (Wildman–Crippen MR) is 102 cm³/mol. The Hall–Kier alpha value is -3.65. The summed E-state index contributed by atoms with van der Waals surface area (Å²) in [5.74, 6) is -14.3. The van der Waals surface area contributed by atoms with Crippen LogP contribution in [0.15, 0.2) is 52.0 Å². The number of alkyl halides is 12. The second-order valence-corrected chi connectivity index (χ2v) is 8.84. The maximum atomic E-state index is 12.9. The van der Waals surface area contributed by atoms with Crippen molar-refractivity contribution in [3.8, 4) is 0 Å². The van der Waals surface area contributed by atoms with Crippen molar-refractivity contribution in [1.82, 2.24) is 9.55 Å². The summed E-state index contributed by atoms with van der Waals surface area (Å²) < 4.78 is 181. The van der Waals surface area contributed by atoms with Gasteiger partial charge in [0.25, 0.3) is 15.9 Å². The molecule has 2 rings (SSSR count). The third kappa shape index (κ3) is 7.69. The van der Waals surface area contributed by atoms with Gasteiger partial charge in [-0.25, -0.2) is 4.98 Å². The Bertz CT molecular complexity index is 1360. The predicted octanol–water partition coefficient (Wildman–Crippen LogP) is 4.23. The van der Waals surface area contributed by atoms with Gasteiger partial charge < -0.3 is 5.32 Å². The highest BCUT2D eigenvalue weighted by Gasteiger charge is 2.62. The molecule has 0 atom stereocenters. The fourth-order valence-corrected chi connectivity index (χ4v) is 3.71. The van der Waals surface area contributed by atoms with Gasteiger partial charge >= 0.3 is 24.7 Å². The van der Waals surface area contributed by atoms with E-state index in [0.717, 1.165) is 0 Å². The number of sulfonamides is 1. The average Bonchev–Trinajstić information content (AvgIpc) is 2.69. The average molecular weight is 606 g/mol. The van der Waals surface area contributed by atoms with Crippen molar-refractivity contribution in [1.29, 1.82) is 0 Å². The third-order valence-corrected chi connectivity index (χ3v) is 5.68. The van der Waals surface area contributed by atoms with E-state index in [4.69, 9.17) is 0 Å². The highest BCUT2D eigenvalue weighted by molar-refractivity contribution is 7.90. The number of benzene rings is 1. The summed E-state index contributed by atoms with van der Waals surface area (Å²) in [6, 6.07) is 2.62. The Morgan fingerprint density at radius 1 is 0.795 bits per heavy atom. The summed E-state index contributed by atoms with van der Waals surface area (Å²) in [6.07, 6.45) is -23.4. The van der Waals surface area contributed by atoms with Gasteiger partial charge in [0, 0.05) is 18.1 Å².